The van der Waals surface area contributed by atoms with Gasteiger partial charge in [-0.2, -0.15) is 0 Å². The van der Waals surface area contributed by atoms with Crippen LogP contribution in [0.3, 0.4) is 0 Å². The van der Waals surface area contributed by atoms with E-state index in [-0.39, 0.29) is 0 Å². The number of hydrazine groups is 1. The Labute approximate surface area is 133 Å². The summed E-state index contributed by atoms with van der Waals surface area (Å²) < 4.78 is 5.23. The minimum absolute atomic E-state index is 0.519. The average Bonchev–Trinajstić information content (AvgIpc) is 2.60. The van der Waals surface area contributed by atoms with Gasteiger partial charge in [-0.1, -0.05) is 42.5 Å². The summed E-state index contributed by atoms with van der Waals surface area (Å²) in [4.78, 5) is 5.21. The van der Waals surface area contributed by atoms with Gasteiger partial charge in [0.1, 0.15) is 10.7 Å². The monoisotopic (exact) mass is 309 g/mol. The molecule has 0 aliphatic heterocycles. The van der Waals surface area contributed by atoms with E-state index in [4.69, 9.17) is 22.8 Å². The number of hydrogen-bond donors (Lipinski definition) is 2. The van der Waals surface area contributed by atoms with E-state index in [0.717, 1.165) is 33.5 Å². The molecule has 22 heavy (non-hydrogen) atoms. The fourth-order valence-corrected chi connectivity index (χ4v) is 2.40. The largest absolute Gasteiger partial charge is 0.497 e. The second kappa shape index (κ2) is 6.09. The van der Waals surface area contributed by atoms with Crippen molar-refractivity contribution in [2.75, 3.05) is 7.11 Å². The molecule has 0 amide bonds. The fourth-order valence-electron chi connectivity index (χ4n) is 2.27. The molecule has 3 N–H and O–H groups in total. The quantitative estimate of drug-likeness (QED) is 0.442. The molecule has 0 unspecified atom stereocenters. The third-order valence-corrected chi connectivity index (χ3v) is 3.82. The Kier molecular flexibility index (Phi) is 4.00. The number of methoxy groups -OCH3 is 1. The van der Waals surface area contributed by atoms with Gasteiger partial charge in [-0.25, -0.2) is 10.8 Å². The minimum atomic E-state index is 0.519. The van der Waals surface area contributed by atoms with Crippen molar-refractivity contribution < 1.29 is 4.74 Å². The van der Waals surface area contributed by atoms with Gasteiger partial charge in [0.25, 0.3) is 0 Å². The molecule has 2 aromatic carbocycles. The topological polar surface area (TPSA) is 60.2 Å². The number of fused-ring (bicyclic) bond motifs is 1. The SMILES string of the molecule is COc1ccc2nc(-c3ccc(C(=S)NN)cc3)ccc2c1. The highest BCUT2D eigenvalue weighted by Gasteiger charge is 2.04. The van der Waals surface area contributed by atoms with Gasteiger partial charge < -0.3 is 10.2 Å². The smallest absolute Gasteiger partial charge is 0.120 e. The van der Waals surface area contributed by atoms with Crippen molar-refractivity contribution in [1.29, 1.82) is 0 Å². The third-order valence-electron chi connectivity index (χ3n) is 3.47. The molecule has 5 heteroatoms. The fraction of sp³-hybridized carbons (Fsp3) is 0.0588. The summed E-state index contributed by atoms with van der Waals surface area (Å²) in [6.45, 7) is 0. The lowest BCUT2D eigenvalue weighted by atomic mass is 10.1. The number of nitrogens with zero attached hydrogens (tertiary/aromatic N) is 1. The van der Waals surface area contributed by atoms with Gasteiger partial charge in [-0.05, 0) is 24.3 Å². The molecule has 0 radical (unpaired) electrons. The molecular formula is C17H15N3OS. The van der Waals surface area contributed by atoms with Crippen LogP contribution in [-0.4, -0.2) is 17.1 Å². The van der Waals surface area contributed by atoms with E-state index in [1.54, 1.807) is 7.11 Å². The molecule has 4 nitrogen and oxygen atoms in total. The molecule has 0 spiro atoms. The van der Waals surface area contributed by atoms with Crippen LogP contribution in [0.5, 0.6) is 5.75 Å². The Morgan fingerprint density at radius 1 is 1.09 bits per heavy atom. The van der Waals surface area contributed by atoms with Gasteiger partial charge in [-0.15, -0.1) is 0 Å². The molecule has 3 aromatic rings. The number of nitrogens with two attached hydrogens (primary N) is 1. The molecule has 0 fully saturated rings. The van der Waals surface area contributed by atoms with Gasteiger partial charge in [-0.3, -0.25) is 0 Å². The van der Waals surface area contributed by atoms with Crippen LogP contribution in [0.1, 0.15) is 5.56 Å². The maximum Gasteiger partial charge on any atom is 0.120 e. The molecule has 1 heterocycles. The standard InChI is InChI=1S/C17H15N3OS/c1-21-14-7-9-16-13(10-14)6-8-15(19-16)11-2-4-12(5-3-11)17(22)20-18/h2-10H,18H2,1H3,(H,20,22). The first-order valence-electron chi connectivity index (χ1n) is 6.77. The first kappa shape index (κ1) is 14.4. The molecule has 1 aromatic heterocycles. The van der Waals surface area contributed by atoms with Crippen LogP contribution >= 0.6 is 12.2 Å². The molecule has 0 saturated carbocycles. The normalized spacial score (nSPS) is 10.5. The lowest BCUT2D eigenvalue weighted by Gasteiger charge is -2.07. The van der Waals surface area contributed by atoms with E-state index in [0.29, 0.717) is 4.99 Å². The van der Waals surface area contributed by atoms with Crippen molar-refractivity contribution >= 4 is 28.1 Å². The minimum Gasteiger partial charge on any atom is -0.497 e. The van der Waals surface area contributed by atoms with Crippen molar-refractivity contribution in [3.05, 3.63) is 60.2 Å². The summed E-state index contributed by atoms with van der Waals surface area (Å²) in [7, 11) is 1.66. The van der Waals surface area contributed by atoms with E-state index >= 15 is 0 Å². The zero-order chi connectivity index (χ0) is 15.5. The third kappa shape index (κ3) is 2.77. The maximum atomic E-state index is 5.33. The van der Waals surface area contributed by atoms with E-state index in [9.17, 15) is 0 Å². The van der Waals surface area contributed by atoms with Crippen molar-refractivity contribution in [2.24, 2.45) is 5.84 Å². The first-order valence-corrected chi connectivity index (χ1v) is 7.18. The summed E-state index contributed by atoms with van der Waals surface area (Å²) in [5, 5.41) is 1.05. The second-order valence-electron chi connectivity index (χ2n) is 4.81. The van der Waals surface area contributed by atoms with Gasteiger partial charge in [0, 0.05) is 16.5 Å². The highest BCUT2D eigenvalue weighted by molar-refractivity contribution is 7.80. The number of aromatic nitrogens is 1. The zero-order valence-electron chi connectivity index (χ0n) is 12.0. The second-order valence-corrected chi connectivity index (χ2v) is 5.21. The lowest BCUT2D eigenvalue weighted by molar-refractivity contribution is 0.415. The molecule has 110 valence electrons. The summed E-state index contributed by atoms with van der Waals surface area (Å²) in [5.41, 5.74) is 6.23. The Balaban J connectivity index is 1.97. The van der Waals surface area contributed by atoms with Crippen LogP contribution in [0.25, 0.3) is 22.2 Å². The summed E-state index contributed by atoms with van der Waals surface area (Å²) in [5.74, 6) is 6.15. The van der Waals surface area contributed by atoms with Crippen LogP contribution in [0.2, 0.25) is 0 Å². The number of rotatable bonds is 3. The summed E-state index contributed by atoms with van der Waals surface area (Å²) in [6.07, 6.45) is 0. The van der Waals surface area contributed by atoms with Crippen molar-refractivity contribution in [1.82, 2.24) is 10.4 Å². The molecule has 3 rings (SSSR count). The number of thiocarbonyl (C=S) groups is 1. The van der Waals surface area contributed by atoms with Crippen molar-refractivity contribution in [3.63, 3.8) is 0 Å². The van der Waals surface area contributed by atoms with Crippen molar-refractivity contribution in [3.8, 4) is 17.0 Å². The highest BCUT2D eigenvalue weighted by Crippen LogP contribution is 2.24. The van der Waals surface area contributed by atoms with Gasteiger partial charge in [0.15, 0.2) is 0 Å². The van der Waals surface area contributed by atoms with Crippen LogP contribution in [0, 0.1) is 0 Å². The Bertz CT molecular complexity index is 831. The first-order chi connectivity index (χ1) is 10.7. The van der Waals surface area contributed by atoms with Crippen LogP contribution < -0.4 is 16.0 Å². The molecule has 0 bridgehead atoms. The van der Waals surface area contributed by atoms with Crippen LogP contribution in [-0.2, 0) is 0 Å². The van der Waals surface area contributed by atoms with E-state index in [1.807, 2.05) is 54.6 Å². The van der Waals surface area contributed by atoms with Gasteiger partial charge in [0.05, 0.1) is 18.3 Å². The molecule has 0 atom stereocenters. The Morgan fingerprint density at radius 2 is 1.86 bits per heavy atom. The maximum absolute atomic E-state index is 5.33. The average molecular weight is 309 g/mol. The lowest BCUT2D eigenvalue weighted by Crippen LogP contribution is -2.28. The summed E-state index contributed by atoms with van der Waals surface area (Å²) in [6, 6.07) is 17.7. The highest BCUT2D eigenvalue weighted by atomic mass is 32.1. The molecule has 0 aliphatic carbocycles. The zero-order valence-corrected chi connectivity index (χ0v) is 12.9. The van der Waals surface area contributed by atoms with Crippen LogP contribution in [0.4, 0.5) is 0 Å². The van der Waals surface area contributed by atoms with Gasteiger partial charge >= 0.3 is 0 Å². The van der Waals surface area contributed by atoms with Crippen molar-refractivity contribution in [2.45, 2.75) is 0 Å². The number of nitrogens with one attached hydrogen (secondary N) is 1. The molecule has 0 saturated heterocycles. The molecule has 0 aliphatic rings. The number of hydrogen-bond acceptors (Lipinski definition) is 4. The predicted octanol–water partition coefficient (Wildman–Crippen LogP) is 3.05. The van der Waals surface area contributed by atoms with Crippen LogP contribution in [0.15, 0.2) is 54.6 Å². The predicted molar refractivity (Wildman–Crippen MR) is 92.8 cm³/mol. The van der Waals surface area contributed by atoms with E-state index in [2.05, 4.69) is 10.4 Å². The Morgan fingerprint density at radius 3 is 2.55 bits per heavy atom. The Hall–Kier alpha value is -2.50. The van der Waals surface area contributed by atoms with E-state index in [1.165, 1.54) is 0 Å². The van der Waals surface area contributed by atoms with Gasteiger partial charge in [0.2, 0.25) is 0 Å². The number of benzene rings is 2. The summed E-state index contributed by atoms with van der Waals surface area (Å²) >= 11 is 5.11. The van der Waals surface area contributed by atoms with E-state index < -0.39 is 0 Å². The molecular weight excluding hydrogens is 294 g/mol. The number of ether oxygens (including phenoxy) is 1. The number of pyridine rings is 1.